The second kappa shape index (κ2) is 7.05. The third-order valence-corrected chi connectivity index (χ3v) is 6.67. The number of alkyl halides is 1. The maximum Gasteiger partial charge on any atom is 0.119 e. The predicted molar refractivity (Wildman–Crippen MR) is 116 cm³/mol. The van der Waals surface area contributed by atoms with Crippen molar-refractivity contribution >= 4 is 42.8 Å². The van der Waals surface area contributed by atoms with E-state index >= 15 is 0 Å². The predicted octanol–water partition coefficient (Wildman–Crippen LogP) is 6.59. The molecule has 0 saturated heterocycles. The number of rotatable bonds is 6. The molecule has 0 bridgehead atoms. The van der Waals surface area contributed by atoms with Crippen molar-refractivity contribution in [3.8, 4) is 5.75 Å². The molecule has 0 N–H and O–H groups in total. The van der Waals surface area contributed by atoms with Crippen LogP contribution in [0.25, 0.3) is 10.9 Å². The van der Waals surface area contributed by atoms with Gasteiger partial charge in [-0.3, -0.25) is 0 Å². The fourth-order valence-corrected chi connectivity index (χ4v) is 5.21. The van der Waals surface area contributed by atoms with E-state index in [1.807, 2.05) is 0 Å². The minimum Gasteiger partial charge on any atom is -0.497 e. The van der Waals surface area contributed by atoms with Gasteiger partial charge in [-0.25, -0.2) is 0 Å². The molecule has 0 aliphatic heterocycles. The zero-order valence-electron chi connectivity index (χ0n) is 15.2. The topological polar surface area (TPSA) is 14.2 Å². The zero-order chi connectivity index (χ0) is 18.3. The van der Waals surface area contributed by atoms with E-state index in [0.29, 0.717) is 5.41 Å². The third kappa shape index (κ3) is 3.11. The highest BCUT2D eigenvalue weighted by Gasteiger charge is 2.46. The van der Waals surface area contributed by atoms with Crippen molar-refractivity contribution in [1.82, 2.24) is 4.57 Å². The van der Waals surface area contributed by atoms with E-state index in [1.165, 1.54) is 47.0 Å². The molecule has 0 amide bonds. The molecule has 1 fully saturated rings. The van der Waals surface area contributed by atoms with Crippen LogP contribution in [0.15, 0.2) is 46.9 Å². The van der Waals surface area contributed by atoms with Crippen molar-refractivity contribution in [2.45, 2.75) is 38.1 Å². The van der Waals surface area contributed by atoms with Crippen molar-refractivity contribution < 1.29 is 4.74 Å². The summed E-state index contributed by atoms with van der Waals surface area (Å²) in [6.07, 6.45) is 3.77. The summed E-state index contributed by atoms with van der Waals surface area (Å²) >= 11 is 7.20. The van der Waals surface area contributed by atoms with Gasteiger partial charge in [0.1, 0.15) is 5.75 Å². The van der Waals surface area contributed by atoms with Crippen LogP contribution in [0.2, 0.25) is 0 Å². The molecule has 136 valence electrons. The van der Waals surface area contributed by atoms with Gasteiger partial charge >= 0.3 is 0 Å². The number of hydrogen-bond acceptors (Lipinski definition) is 1. The Bertz CT molecular complexity index is 939. The minimum atomic E-state index is 0.336. The van der Waals surface area contributed by atoms with E-state index in [-0.39, 0.29) is 0 Å². The molecule has 0 atom stereocenters. The first-order valence-corrected chi connectivity index (χ1v) is 11.0. The molecule has 0 unspecified atom stereocenters. The highest BCUT2D eigenvalue weighted by molar-refractivity contribution is 9.10. The number of methoxy groups -OCH3 is 1. The number of benzene rings is 2. The van der Waals surface area contributed by atoms with Gasteiger partial charge in [-0.05, 0) is 73.1 Å². The second-order valence-electron chi connectivity index (χ2n) is 7.28. The normalized spacial score (nSPS) is 15.4. The summed E-state index contributed by atoms with van der Waals surface area (Å²) < 4.78 is 9.12. The average molecular weight is 477 g/mol. The standard InChI is InChI=1S/C22H23Br2NO/c1-15-21(22(9-10-22)11-12-23)19-13-18(26-2)7-8-20(19)25(15)14-16-3-5-17(24)6-4-16/h3-8,13H,9-12,14H2,1-2H3. The van der Waals surface area contributed by atoms with E-state index < -0.39 is 0 Å². The number of aromatic nitrogens is 1. The van der Waals surface area contributed by atoms with Crippen molar-refractivity contribution in [2.24, 2.45) is 0 Å². The van der Waals surface area contributed by atoms with Crippen LogP contribution in [-0.2, 0) is 12.0 Å². The molecule has 4 heteroatoms. The molecule has 4 rings (SSSR count). The fraction of sp³-hybridized carbons (Fsp3) is 0.364. The van der Waals surface area contributed by atoms with Gasteiger partial charge in [0.2, 0.25) is 0 Å². The summed E-state index contributed by atoms with van der Waals surface area (Å²) in [6, 6.07) is 15.2. The molecule has 1 aliphatic carbocycles. The van der Waals surface area contributed by atoms with Crippen LogP contribution in [0.1, 0.15) is 36.1 Å². The van der Waals surface area contributed by atoms with Gasteiger partial charge in [-0.2, -0.15) is 0 Å². The SMILES string of the molecule is COc1ccc2c(c1)c(C1(CCBr)CC1)c(C)n2Cc1ccc(Br)cc1. The quantitative estimate of drug-likeness (QED) is 0.366. The lowest BCUT2D eigenvalue weighted by Gasteiger charge is -2.16. The molecule has 1 aliphatic rings. The van der Waals surface area contributed by atoms with Crippen LogP contribution in [0.4, 0.5) is 0 Å². The summed E-state index contributed by atoms with van der Waals surface area (Å²) in [6.45, 7) is 3.18. The van der Waals surface area contributed by atoms with E-state index in [4.69, 9.17) is 4.74 Å². The average Bonchev–Trinajstić information content (AvgIpc) is 3.36. The van der Waals surface area contributed by atoms with Crippen molar-refractivity contribution in [2.75, 3.05) is 12.4 Å². The highest BCUT2D eigenvalue weighted by Crippen LogP contribution is 2.55. The molecule has 2 aromatic carbocycles. The number of halogens is 2. The molecule has 2 nitrogen and oxygen atoms in total. The molecule has 3 aromatic rings. The van der Waals surface area contributed by atoms with Gasteiger partial charge in [0.25, 0.3) is 0 Å². The van der Waals surface area contributed by atoms with Crippen LogP contribution in [0.3, 0.4) is 0 Å². The van der Waals surface area contributed by atoms with E-state index in [9.17, 15) is 0 Å². The third-order valence-electron chi connectivity index (χ3n) is 5.74. The molecular formula is C22H23Br2NO. The Labute approximate surface area is 171 Å². The van der Waals surface area contributed by atoms with Gasteiger partial charge in [0, 0.05) is 32.9 Å². The number of ether oxygens (including phenoxy) is 1. The monoisotopic (exact) mass is 475 g/mol. The van der Waals surface area contributed by atoms with Gasteiger partial charge in [-0.15, -0.1) is 0 Å². The first-order valence-electron chi connectivity index (χ1n) is 9.06. The number of nitrogens with zero attached hydrogens (tertiary/aromatic N) is 1. The van der Waals surface area contributed by atoms with Gasteiger partial charge in [-0.1, -0.05) is 44.0 Å². The Morgan fingerprint density at radius 2 is 1.85 bits per heavy atom. The second-order valence-corrected chi connectivity index (χ2v) is 8.98. The zero-order valence-corrected chi connectivity index (χ0v) is 18.4. The minimum absolute atomic E-state index is 0.336. The molecule has 0 radical (unpaired) electrons. The van der Waals surface area contributed by atoms with Crippen LogP contribution in [0.5, 0.6) is 5.75 Å². The molecular weight excluding hydrogens is 454 g/mol. The maximum atomic E-state index is 5.53. The Morgan fingerprint density at radius 3 is 2.46 bits per heavy atom. The van der Waals surface area contributed by atoms with Gasteiger partial charge in [0.05, 0.1) is 7.11 Å². The smallest absolute Gasteiger partial charge is 0.119 e. The lowest BCUT2D eigenvalue weighted by atomic mass is 9.90. The van der Waals surface area contributed by atoms with Crippen LogP contribution in [-0.4, -0.2) is 17.0 Å². The van der Waals surface area contributed by atoms with Gasteiger partial charge < -0.3 is 9.30 Å². The lowest BCUT2D eigenvalue weighted by Crippen LogP contribution is -2.10. The number of hydrogen-bond donors (Lipinski definition) is 0. The van der Waals surface area contributed by atoms with E-state index in [0.717, 1.165) is 22.1 Å². The van der Waals surface area contributed by atoms with Crippen molar-refractivity contribution in [1.29, 1.82) is 0 Å². The van der Waals surface area contributed by atoms with Crippen molar-refractivity contribution in [3.05, 3.63) is 63.8 Å². The number of fused-ring (bicyclic) bond motifs is 1. The summed E-state index contributed by atoms with van der Waals surface area (Å²) in [7, 11) is 1.75. The van der Waals surface area contributed by atoms with E-state index in [2.05, 4.69) is 85.8 Å². The van der Waals surface area contributed by atoms with Crippen LogP contribution < -0.4 is 4.74 Å². The highest BCUT2D eigenvalue weighted by atomic mass is 79.9. The summed E-state index contributed by atoms with van der Waals surface area (Å²) in [5.41, 5.74) is 5.89. The Kier molecular flexibility index (Phi) is 4.91. The van der Waals surface area contributed by atoms with Crippen LogP contribution in [0, 0.1) is 6.92 Å². The summed E-state index contributed by atoms with van der Waals surface area (Å²) in [4.78, 5) is 0. The Morgan fingerprint density at radius 1 is 1.12 bits per heavy atom. The molecule has 26 heavy (non-hydrogen) atoms. The van der Waals surface area contributed by atoms with Crippen LogP contribution >= 0.6 is 31.9 Å². The Balaban J connectivity index is 1.87. The molecule has 1 saturated carbocycles. The van der Waals surface area contributed by atoms with Crippen molar-refractivity contribution in [3.63, 3.8) is 0 Å². The van der Waals surface area contributed by atoms with Gasteiger partial charge in [0.15, 0.2) is 0 Å². The first kappa shape index (κ1) is 18.1. The molecule has 1 heterocycles. The largest absolute Gasteiger partial charge is 0.497 e. The summed E-state index contributed by atoms with van der Waals surface area (Å²) in [5.74, 6) is 0.939. The maximum absolute atomic E-state index is 5.53. The lowest BCUT2D eigenvalue weighted by molar-refractivity contribution is 0.415. The summed E-state index contributed by atoms with van der Waals surface area (Å²) in [5, 5.41) is 2.41. The first-order chi connectivity index (χ1) is 12.6. The Hall–Kier alpha value is -1.26. The molecule has 0 spiro atoms. The molecule has 1 aromatic heterocycles. The fourth-order valence-electron chi connectivity index (χ4n) is 4.19. The van der Waals surface area contributed by atoms with E-state index in [1.54, 1.807) is 7.11 Å².